The van der Waals surface area contributed by atoms with Crippen LogP contribution in [0.2, 0.25) is 0 Å². The molecule has 0 bridgehead atoms. The van der Waals surface area contributed by atoms with Crippen LogP contribution in [0.3, 0.4) is 0 Å². The lowest BCUT2D eigenvalue weighted by Gasteiger charge is -2.26. The highest BCUT2D eigenvalue weighted by atomic mass is 32.2. The molecule has 4 aromatic carbocycles. The third-order valence-electron chi connectivity index (χ3n) is 6.38. The summed E-state index contributed by atoms with van der Waals surface area (Å²) < 4.78 is 68.3. The molecule has 0 heterocycles. The number of phenolic OH excluding ortho intramolecular Hbond substituents is 1. The SMILES string of the molecule is CC(C)(OCCOCCOc1ccc(S(=O)(=O)c2ccccc2)cc1)c1ccc(S(=O)(=O)c2ccc(O)cc2)cc1. The molecule has 0 atom stereocenters. The number of hydrogen-bond donors (Lipinski definition) is 1. The molecule has 0 saturated heterocycles. The molecule has 0 amide bonds. The molecule has 0 aliphatic rings. The fourth-order valence-electron chi connectivity index (χ4n) is 4.01. The van der Waals surface area contributed by atoms with Crippen LogP contribution in [-0.2, 0) is 34.7 Å². The summed E-state index contributed by atoms with van der Waals surface area (Å²) >= 11 is 0. The molecule has 0 radical (unpaired) electrons. The predicted octanol–water partition coefficient (Wildman–Crippen LogP) is 5.41. The van der Waals surface area contributed by atoms with Crippen molar-refractivity contribution in [2.45, 2.75) is 39.0 Å². The average molecular weight is 597 g/mol. The number of hydrogen-bond acceptors (Lipinski definition) is 8. The molecule has 0 aromatic heterocycles. The molecular formula is C31H32O8S2. The maximum Gasteiger partial charge on any atom is 0.206 e. The van der Waals surface area contributed by atoms with Crippen LogP contribution in [-0.4, -0.2) is 48.4 Å². The van der Waals surface area contributed by atoms with Crippen LogP contribution < -0.4 is 4.74 Å². The van der Waals surface area contributed by atoms with Crippen molar-refractivity contribution in [1.82, 2.24) is 0 Å². The van der Waals surface area contributed by atoms with E-state index in [1.807, 2.05) is 13.8 Å². The Hall–Kier alpha value is -3.70. The molecule has 0 spiro atoms. The molecular weight excluding hydrogens is 564 g/mol. The zero-order valence-corrected chi connectivity index (χ0v) is 24.4. The van der Waals surface area contributed by atoms with Gasteiger partial charge in [-0.2, -0.15) is 0 Å². The number of phenols is 1. The Morgan fingerprint density at radius 3 is 1.61 bits per heavy atom. The van der Waals surface area contributed by atoms with Gasteiger partial charge in [0.25, 0.3) is 0 Å². The molecule has 0 aliphatic carbocycles. The fourth-order valence-corrected chi connectivity index (χ4v) is 6.55. The topological polar surface area (TPSA) is 116 Å². The third-order valence-corrected chi connectivity index (χ3v) is 9.95. The first-order valence-corrected chi connectivity index (χ1v) is 15.9. The van der Waals surface area contributed by atoms with Crippen molar-refractivity contribution >= 4 is 19.7 Å². The maximum absolute atomic E-state index is 12.8. The summed E-state index contributed by atoms with van der Waals surface area (Å²) in [5.74, 6) is 0.535. The van der Waals surface area contributed by atoms with Gasteiger partial charge >= 0.3 is 0 Å². The van der Waals surface area contributed by atoms with E-state index in [4.69, 9.17) is 14.2 Å². The molecule has 10 heteroatoms. The monoisotopic (exact) mass is 596 g/mol. The molecule has 41 heavy (non-hydrogen) atoms. The van der Waals surface area contributed by atoms with Gasteiger partial charge in [0, 0.05) is 0 Å². The van der Waals surface area contributed by atoms with Crippen LogP contribution in [0.5, 0.6) is 11.5 Å². The second-order valence-corrected chi connectivity index (χ2v) is 13.5. The van der Waals surface area contributed by atoms with Gasteiger partial charge in [-0.15, -0.1) is 0 Å². The quantitative estimate of drug-likeness (QED) is 0.204. The van der Waals surface area contributed by atoms with Crippen LogP contribution >= 0.6 is 0 Å². The molecule has 4 aromatic rings. The largest absolute Gasteiger partial charge is 0.508 e. The van der Waals surface area contributed by atoms with Gasteiger partial charge in [-0.1, -0.05) is 30.3 Å². The van der Waals surface area contributed by atoms with Crippen molar-refractivity contribution in [2.75, 3.05) is 26.4 Å². The summed E-state index contributed by atoms with van der Waals surface area (Å²) in [6.07, 6.45) is 0. The van der Waals surface area contributed by atoms with Crippen LogP contribution in [0.4, 0.5) is 0 Å². The Labute approximate surface area is 241 Å². The molecule has 0 aliphatic heterocycles. The van der Waals surface area contributed by atoms with E-state index in [0.29, 0.717) is 25.6 Å². The smallest absolute Gasteiger partial charge is 0.206 e. The summed E-state index contributed by atoms with van der Waals surface area (Å²) in [6.45, 7) is 5.02. The second kappa shape index (κ2) is 12.9. The van der Waals surface area contributed by atoms with Gasteiger partial charge in [-0.25, -0.2) is 16.8 Å². The van der Waals surface area contributed by atoms with E-state index in [2.05, 4.69) is 0 Å². The Balaban J connectivity index is 1.20. The fraction of sp³-hybridized carbons (Fsp3) is 0.226. The van der Waals surface area contributed by atoms with E-state index in [-0.39, 0.29) is 31.9 Å². The minimum atomic E-state index is -3.70. The summed E-state index contributed by atoms with van der Waals surface area (Å²) in [5.41, 5.74) is 0.130. The summed E-state index contributed by atoms with van der Waals surface area (Å²) in [7, 11) is -7.27. The summed E-state index contributed by atoms with van der Waals surface area (Å²) in [5, 5.41) is 9.42. The van der Waals surface area contributed by atoms with E-state index < -0.39 is 25.3 Å². The van der Waals surface area contributed by atoms with Crippen molar-refractivity contribution in [2.24, 2.45) is 0 Å². The Bertz CT molecular complexity index is 1630. The Kier molecular flexibility index (Phi) is 9.49. The summed E-state index contributed by atoms with van der Waals surface area (Å²) in [4.78, 5) is 0.690. The second-order valence-electron chi connectivity index (χ2n) is 9.63. The first kappa shape index (κ1) is 30.3. The van der Waals surface area contributed by atoms with Crippen molar-refractivity contribution in [3.63, 3.8) is 0 Å². The van der Waals surface area contributed by atoms with Crippen LogP contribution in [0.15, 0.2) is 123 Å². The van der Waals surface area contributed by atoms with Gasteiger partial charge < -0.3 is 19.3 Å². The molecule has 0 fully saturated rings. The molecule has 8 nitrogen and oxygen atoms in total. The van der Waals surface area contributed by atoms with E-state index in [0.717, 1.165) is 5.56 Å². The Morgan fingerprint density at radius 2 is 1.05 bits per heavy atom. The van der Waals surface area contributed by atoms with Crippen molar-refractivity contribution in [3.05, 3.63) is 109 Å². The molecule has 0 saturated carbocycles. The molecule has 1 N–H and O–H groups in total. The van der Waals surface area contributed by atoms with Gasteiger partial charge in [-0.05, 0) is 92.2 Å². The number of aromatic hydroxyl groups is 1. The van der Waals surface area contributed by atoms with E-state index in [1.165, 1.54) is 36.4 Å². The zero-order chi connectivity index (χ0) is 29.5. The average Bonchev–Trinajstić information content (AvgIpc) is 2.97. The molecule has 0 unspecified atom stereocenters. The zero-order valence-electron chi connectivity index (χ0n) is 22.8. The normalized spacial score (nSPS) is 12.2. The van der Waals surface area contributed by atoms with Gasteiger partial charge in [0.2, 0.25) is 19.7 Å². The van der Waals surface area contributed by atoms with E-state index in [9.17, 15) is 21.9 Å². The Morgan fingerprint density at radius 1 is 0.585 bits per heavy atom. The van der Waals surface area contributed by atoms with Crippen LogP contribution in [0, 0.1) is 0 Å². The number of benzene rings is 4. The minimum Gasteiger partial charge on any atom is -0.508 e. The number of sulfone groups is 2. The van der Waals surface area contributed by atoms with Gasteiger partial charge in [0.15, 0.2) is 0 Å². The third kappa shape index (κ3) is 7.53. The van der Waals surface area contributed by atoms with Crippen molar-refractivity contribution < 1.29 is 36.2 Å². The predicted molar refractivity (Wildman–Crippen MR) is 154 cm³/mol. The standard InChI is InChI=1S/C31H32O8S2/c1-31(2,24-8-14-28(15-9-24)41(35,36)29-16-10-25(32)11-17-29)39-23-21-37-20-22-38-26-12-18-30(19-13-26)40(33,34)27-6-4-3-5-7-27/h3-19,32H,20-23H2,1-2H3. The number of ether oxygens (including phenoxy) is 3. The van der Waals surface area contributed by atoms with Crippen LogP contribution in [0.25, 0.3) is 0 Å². The minimum absolute atomic E-state index is 0.00123. The highest BCUT2D eigenvalue weighted by Crippen LogP contribution is 2.28. The van der Waals surface area contributed by atoms with Gasteiger partial charge in [-0.3, -0.25) is 0 Å². The lowest BCUT2D eigenvalue weighted by atomic mass is 9.98. The lowest BCUT2D eigenvalue weighted by molar-refractivity contribution is -0.0518. The first-order valence-electron chi connectivity index (χ1n) is 12.9. The van der Waals surface area contributed by atoms with E-state index in [1.54, 1.807) is 66.7 Å². The highest BCUT2D eigenvalue weighted by Gasteiger charge is 2.23. The maximum atomic E-state index is 12.8. The van der Waals surface area contributed by atoms with E-state index >= 15 is 0 Å². The highest BCUT2D eigenvalue weighted by molar-refractivity contribution is 7.91. The number of rotatable bonds is 13. The van der Waals surface area contributed by atoms with Crippen LogP contribution in [0.1, 0.15) is 19.4 Å². The molecule has 4 rings (SSSR count). The van der Waals surface area contributed by atoms with Gasteiger partial charge in [0.1, 0.15) is 18.1 Å². The van der Waals surface area contributed by atoms with Crippen molar-refractivity contribution in [1.29, 1.82) is 0 Å². The van der Waals surface area contributed by atoms with Gasteiger partial charge in [0.05, 0.1) is 45.0 Å². The lowest BCUT2D eigenvalue weighted by Crippen LogP contribution is -2.24. The first-order chi connectivity index (χ1) is 19.5. The van der Waals surface area contributed by atoms with Crippen molar-refractivity contribution in [3.8, 4) is 11.5 Å². The summed E-state index contributed by atoms with van der Waals surface area (Å²) in [6, 6.07) is 26.5. The molecule has 216 valence electrons.